The number of methoxy groups -OCH3 is 1. The summed E-state index contributed by atoms with van der Waals surface area (Å²) in [5.41, 5.74) is 1.52. The predicted molar refractivity (Wildman–Crippen MR) is 92.7 cm³/mol. The zero-order chi connectivity index (χ0) is 17.3. The average molecular weight is 407 g/mol. The highest BCUT2D eigenvalue weighted by Crippen LogP contribution is 2.45. The fourth-order valence-electron chi connectivity index (χ4n) is 2.92. The maximum Gasteiger partial charge on any atom is 0.246 e. The van der Waals surface area contributed by atoms with Crippen molar-refractivity contribution in [2.75, 3.05) is 7.11 Å². The standard InChI is InChI=1S/C17H15BrN2O3S/c1-23-17-16(18)14-10-6-5-9-13(14)15(11-19)20(17)24(21,22)12-7-3-2-4-8-12/h2-10,15-17H,1H3/t15-,16+,17-/m0/s1. The molecule has 124 valence electrons. The molecular formula is C17H15BrN2O3S. The molecule has 0 N–H and O–H groups in total. The monoisotopic (exact) mass is 406 g/mol. The molecule has 1 heterocycles. The number of nitriles is 1. The van der Waals surface area contributed by atoms with Crippen molar-refractivity contribution in [3.63, 3.8) is 0 Å². The van der Waals surface area contributed by atoms with Gasteiger partial charge in [0.15, 0.2) is 0 Å². The van der Waals surface area contributed by atoms with Crippen LogP contribution in [0.25, 0.3) is 0 Å². The number of fused-ring (bicyclic) bond motifs is 1. The van der Waals surface area contributed by atoms with Gasteiger partial charge >= 0.3 is 0 Å². The number of ether oxygens (including phenoxy) is 1. The Kier molecular flexibility index (Phi) is 4.74. The number of sulfonamides is 1. The third-order valence-corrected chi connectivity index (χ3v) is 6.81. The summed E-state index contributed by atoms with van der Waals surface area (Å²) in [6.07, 6.45) is -0.824. The molecule has 1 aliphatic rings. The first-order valence-corrected chi connectivity index (χ1v) is 9.62. The molecule has 0 aliphatic carbocycles. The lowest BCUT2D eigenvalue weighted by atomic mass is 9.94. The van der Waals surface area contributed by atoms with Crippen LogP contribution in [0.5, 0.6) is 0 Å². The summed E-state index contributed by atoms with van der Waals surface area (Å²) in [6.45, 7) is 0. The first-order chi connectivity index (χ1) is 11.5. The number of rotatable bonds is 3. The van der Waals surface area contributed by atoms with Gasteiger partial charge in [-0.25, -0.2) is 8.42 Å². The average Bonchev–Trinajstić information content (AvgIpc) is 2.62. The topological polar surface area (TPSA) is 70.4 Å². The van der Waals surface area contributed by atoms with E-state index >= 15 is 0 Å². The molecule has 0 fully saturated rings. The van der Waals surface area contributed by atoms with E-state index in [2.05, 4.69) is 22.0 Å². The molecule has 0 aromatic heterocycles. The maximum atomic E-state index is 13.2. The zero-order valence-corrected chi connectivity index (χ0v) is 15.2. The quantitative estimate of drug-likeness (QED) is 0.732. The van der Waals surface area contributed by atoms with Crippen molar-refractivity contribution in [1.82, 2.24) is 4.31 Å². The van der Waals surface area contributed by atoms with Crippen molar-refractivity contribution in [2.24, 2.45) is 0 Å². The molecule has 2 aromatic carbocycles. The molecule has 0 radical (unpaired) electrons. The first kappa shape index (κ1) is 17.1. The molecule has 0 amide bonds. The fourth-order valence-corrected chi connectivity index (χ4v) is 5.63. The molecule has 3 atom stereocenters. The van der Waals surface area contributed by atoms with Crippen LogP contribution >= 0.6 is 15.9 Å². The minimum Gasteiger partial charge on any atom is -0.364 e. The Bertz CT molecular complexity index is 880. The van der Waals surface area contributed by atoms with E-state index in [0.29, 0.717) is 5.56 Å². The van der Waals surface area contributed by atoms with E-state index in [4.69, 9.17) is 4.74 Å². The Hall–Kier alpha value is -1.72. The minimum atomic E-state index is -3.90. The lowest BCUT2D eigenvalue weighted by Gasteiger charge is -2.40. The summed E-state index contributed by atoms with van der Waals surface area (Å²) >= 11 is 3.54. The van der Waals surface area contributed by atoms with Crippen LogP contribution in [0.1, 0.15) is 22.0 Å². The number of alkyl halides is 1. The Balaban J connectivity index is 2.21. The van der Waals surface area contributed by atoms with Crippen molar-refractivity contribution < 1.29 is 13.2 Å². The molecule has 0 saturated carbocycles. The van der Waals surface area contributed by atoms with Gasteiger partial charge in [0.2, 0.25) is 10.0 Å². The van der Waals surface area contributed by atoms with Gasteiger partial charge in [-0.1, -0.05) is 58.4 Å². The summed E-state index contributed by atoms with van der Waals surface area (Å²) in [7, 11) is -2.47. The SMILES string of the molecule is CO[C@H]1[C@H](Br)c2ccccc2[C@H](C#N)N1S(=O)(=O)c1ccccc1. The number of halogens is 1. The number of benzene rings is 2. The van der Waals surface area contributed by atoms with Crippen molar-refractivity contribution >= 4 is 26.0 Å². The Morgan fingerprint density at radius 1 is 1.08 bits per heavy atom. The van der Waals surface area contributed by atoms with Crippen LogP contribution in [0.3, 0.4) is 0 Å². The van der Waals surface area contributed by atoms with E-state index in [9.17, 15) is 13.7 Å². The van der Waals surface area contributed by atoms with Crippen LogP contribution in [0, 0.1) is 11.3 Å². The summed E-state index contributed by atoms with van der Waals surface area (Å²) in [5.74, 6) is 0. The number of nitrogens with zero attached hydrogens (tertiary/aromatic N) is 2. The van der Waals surface area contributed by atoms with Crippen molar-refractivity contribution in [1.29, 1.82) is 5.26 Å². The van der Waals surface area contributed by atoms with Crippen molar-refractivity contribution in [2.45, 2.75) is 22.0 Å². The van der Waals surface area contributed by atoms with Crippen LogP contribution < -0.4 is 0 Å². The largest absolute Gasteiger partial charge is 0.364 e. The van der Waals surface area contributed by atoms with Crippen LogP contribution in [0.4, 0.5) is 0 Å². The second-order valence-electron chi connectivity index (χ2n) is 5.34. The molecule has 0 spiro atoms. The summed E-state index contributed by atoms with van der Waals surface area (Å²) in [4.78, 5) is -0.242. The lowest BCUT2D eigenvalue weighted by molar-refractivity contribution is -0.00278. The highest BCUT2D eigenvalue weighted by Gasteiger charge is 2.47. The minimum absolute atomic E-state index is 0.131. The predicted octanol–water partition coefficient (Wildman–Crippen LogP) is 3.36. The molecule has 24 heavy (non-hydrogen) atoms. The van der Waals surface area contributed by atoms with Gasteiger partial charge in [0.25, 0.3) is 0 Å². The summed E-state index contributed by atoms with van der Waals surface area (Å²) in [6, 6.07) is 16.5. The van der Waals surface area contributed by atoms with Gasteiger partial charge < -0.3 is 4.74 Å². The molecule has 7 heteroatoms. The Morgan fingerprint density at radius 3 is 2.25 bits per heavy atom. The normalized spacial score (nSPS) is 24.1. The highest BCUT2D eigenvalue weighted by molar-refractivity contribution is 9.09. The fraction of sp³-hybridized carbons (Fsp3) is 0.235. The molecule has 3 rings (SSSR count). The van der Waals surface area contributed by atoms with Gasteiger partial charge in [0, 0.05) is 7.11 Å². The smallest absolute Gasteiger partial charge is 0.246 e. The van der Waals surface area contributed by atoms with Gasteiger partial charge in [0.1, 0.15) is 12.3 Å². The zero-order valence-electron chi connectivity index (χ0n) is 12.8. The molecule has 2 aromatic rings. The molecule has 0 saturated heterocycles. The van der Waals surface area contributed by atoms with E-state index in [-0.39, 0.29) is 9.72 Å². The molecule has 5 nitrogen and oxygen atoms in total. The second kappa shape index (κ2) is 6.65. The second-order valence-corrected chi connectivity index (χ2v) is 8.17. The van der Waals surface area contributed by atoms with Crippen molar-refractivity contribution in [3.8, 4) is 6.07 Å². The Morgan fingerprint density at radius 2 is 1.67 bits per heavy atom. The third kappa shape index (κ3) is 2.66. The lowest BCUT2D eigenvalue weighted by Crippen LogP contribution is -2.48. The molecule has 0 unspecified atom stereocenters. The van der Waals surface area contributed by atoms with Gasteiger partial charge in [-0.15, -0.1) is 4.31 Å². The van der Waals surface area contributed by atoms with Gasteiger partial charge in [-0.3, -0.25) is 0 Å². The van der Waals surface area contributed by atoms with Crippen LogP contribution in [0.2, 0.25) is 0 Å². The van der Waals surface area contributed by atoms with Gasteiger partial charge in [-0.05, 0) is 23.3 Å². The van der Waals surface area contributed by atoms with Crippen LogP contribution in [-0.2, 0) is 14.8 Å². The summed E-state index contributed by atoms with van der Waals surface area (Å²) < 4.78 is 32.9. The molecule has 0 bridgehead atoms. The van der Waals surface area contributed by atoms with E-state index in [1.54, 1.807) is 30.3 Å². The van der Waals surface area contributed by atoms with E-state index in [1.165, 1.54) is 19.2 Å². The van der Waals surface area contributed by atoms with Crippen molar-refractivity contribution in [3.05, 3.63) is 65.7 Å². The van der Waals surface area contributed by atoms with Gasteiger partial charge in [-0.2, -0.15) is 5.26 Å². The third-order valence-electron chi connectivity index (χ3n) is 4.03. The highest BCUT2D eigenvalue weighted by atomic mass is 79.9. The van der Waals surface area contributed by atoms with Gasteiger partial charge in [0.05, 0.1) is 15.8 Å². The molecular weight excluding hydrogens is 392 g/mol. The number of hydrogen-bond donors (Lipinski definition) is 0. The Labute approximate surface area is 149 Å². The first-order valence-electron chi connectivity index (χ1n) is 7.26. The molecule has 1 aliphatic heterocycles. The number of hydrogen-bond acceptors (Lipinski definition) is 4. The van der Waals surface area contributed by atoms with E-state index in [0.717, 1.165) is 9.87 Å². The maximum absolute atomic E-state index is 13.2. The van der Waals surface area contributed by atoms with Crippen LogP contribution in [0.15, 0.2) is 59.5 Å². The van der Waals surface area contributed by atoms with Crippen LogP contribution in [-0.4, -0.2) is 26.1 Å². The summed E-state index contributed by atoms with van der Waals surface area (Å²) in [5, 5.41) is 9.69. The van der Waals surface area contributed by atoms with E-state index in [1.807, 2.05) is 12.1 Å². The van der Waals surface area contributed by atoms with E-state index < -0.39 is 22.3 Å².